The number of carbonyl (C=O) groups excluding carboxylic acids is 1. The van der Waals surface area contributed by atoms with Gasteiger partial charge in [0.05, 0.1) is 11.0 Å². The second-order valence-electron chi connectivity index (χ2n) is 7.22. The number of piperidine rings is 1. The smallest absolute Gasteiger partial charge is 0.262 e. The monoisotopic (exact) mass is 436 g/mol. The van der Waals surface area contributed by atoms with Crippen molar-refractivity contribution in [3.05, 3.63) is 53.6 Å². The van der Waals surface area contributed by atoms with E-state index in [4.69, 9.17) is 16.3 Å². The van der Waals surface area contributed by atoms with Gasteiger partial charge in [-0.25, -0.2) is 13.9 Å². The third-order valence-corrected chi connectivity index (χ3v) is 7.77. The van der Waals surface area contributed by atoms with Crippen molar-refractivity contribution in [2.24, 2.45) is 5.92 Å². The number of amides is 1. The van der Waals surface area contributed by atoms with E-state index in [2.05, 4.69) is 0 Å². The number of sulfonamides is 1. The molecule has 0 spiro atoms. The molecule has 7 nitrogen and oxygen atoms in total. The minimum Gasteiger partial charge on any atom is -0.378 e. The van der Waals surface area contributed by atoms with Crippen LogP contribution in [0.2, 0.25) is 5.02 Å². The second-order valence-corrected chi connectivity index (χ2v) is 9.55. The molecule has 9 heteroatoms. The lowest BCUT2D eigenvalue weighted by molar-refractivity contribution is -0.137. The molecule has 0 aliphatic carbocycles. The molecule has 154 valence electrons. The van der Waals surface area contributed by atoms with E-state index in [-0.39, 0.29) is 23.5 Å². The fourth-order valence-electron chi connectivity index (χ4n) is 4.19. The maximum atomic E-state index is 13.3. The number of halogens is 1. The molecule has 2 fully saturated rings. The van der Waals surface area contributed by atoms with Crippen molar-refractivity contribution in [2.45, 2.75) is 29.9 Å². The van der Waals surface area contributed by atoms with Crippen molar-refractivity contribution in [1.29, 1.82) is 0 Å². The van der Waals surface area contributed by atoms with Crippen LogP contribution in [0.1, 0.15) is 12.8 Å². The van der Waals surface area contributed by atoms with Crippen LogP contribution in [0, 0.1) is 5.92 Å². The van der Waals surface area contributed by atoms with E-state index in [0.29, 0.717) is 24.5 Å². The van der Waals surface area contributed by atoms with Crippen molar-refractivity contribution < 1.29 is 23.2 Å². The number of hydrogen-bond acceptors (Lipinski definition) is 5. The summed E-state index contributed by atoms with van der Waals surface area (Å²) in [5.41, 5.74) is 3.40. The topological polar surface area (TPSA) is 95.9 Å². The van der Waals surface area contributed by atoms with Gasteiger partial charge in [0.15, 0.2) is 0 Å². The Morgan fingerprint density at radius 3 is 2.31 bits per heavy atom. The van der Waals surface area contributed by atoms with Crippen LogP contribution in [-0.2, 0) is 19.6 Å². The molecule has 29 heavy (non-hydrogen) atoms. The Morgan fingerprint density at radius 2 is 1.69 bits per heavy atom. The van der Waals surface area contributed by atoms with Gasteiger partial charge in [-0.3, -0.25) is 10.0 Å². The van der Waals surface area contributed by atoms with Crippen molar-refractivity contribution >= 4 is 27.5 Å². The van der Waals surface area contributed by atoms with E-state index in [9.17, 15) is 18.4 Å². The van der Waals surface area contributed by atoms with Crippen LogP contribution in [-0.4, -0.2) is 49.1 Å². The third-order valence-electron chi connectivity index (χ3n) is 5.63. The van der Waals surface area contributed by atoms with Crippen LogP contribution in [0.5, 0.6) is 0 Å². The molecule has 2 saturated heterocycles. The van der Waals surface area contributed by atoms with Gasteiger partial charge in [0, 0.05) is 24.1 Å². The van der Waals surface area contributed by atoms with Gasteiger partial charge in [0.2, 0.25) is 10.0 Å². The van der Waals surface area contributed by atoms with E-state index in [1.165, 1.54) is 16.4 Å². The molecular formula is C20H21ClN2O5S. The lowest BCUT2D eigenvalue weighted by atomic mass is 9.87. The SMILES string of the molecule is O=C(NO)C1C2CCOC2CCN1S(=O)(=O)c1ccc(-c2ccc(Cl)cc2)cc1. The summed E-state index contributed by atoms with van der Waals surface area (Å²) in [4.78, 5) is 12.4. The van der Waals surface area contributed by atoms with E-state index in [0.717, 1.165) is 11.1 Å². The fraction of sp³-hybridized carbons (Fsp3) is 0.350. The molecule has 2 aromatic carbocycles. The highest BCUT2D eigenvalue weighted by molar-refractivity contribution is 7.89. The normalized spacial score (nSPS) is 24.8. The molecule has 0 saturated carbocycles. The first-order valence-electron chi connectivity index (χ1n) is 9.35. The zero-order valence-electron chi connectivity index (χ0n) is 15.5. The van der Waals surface area contributed by atoms with E-state index in [1.54, 1.807) is 29.7 Å². The molecule has 0 aromatic heterocycles. The van der Waals surface area contributed by atoms with Crippen molar-refractivity contribution in [1.82, 2.24) is 9.79 Å². The lowest BCUT2D eigenvalue weighted by Gasteiger charge is -2.39. The molecule has 3 unspecified atom stereocenters. The van der Waals surface area contributed by atoms with Gasteiger partial charge in [0.25, 0.3) is 5.91 Å². The summed E-state index contributed by atoms with van der Waals surface area (Å²) in [5.74, 6) is -1.01. The van der Waals surface area contributed by atoms with Gasteiger partial charge >= 0.3 is 0 Å². The van der Waals surface area contributed by atoms with Gasteiger partial charge in [-0.1, -0.05) is 35.9 Å². The Bertz CT molecular complexity index is 995. The summed E-state index contributed by atoms with van der Waals surface area (Å²) >= 11 is 5.92. The number of fused-ring (bicyclic) bond motifs is 1. The maximum absolute atomic E-state index is 13.3. The highest BCUT2D eigenvalue weighted by atomic mass is 35.5. The van der Waals surface area contributed by atoms with Gasteiger partial charge in [-0.15, -0.1) is 0 Å². The number of nitrogens with one attached hydrogen (secondary N) is 1. The van der Waals surface area contributed by atoms with Crippen LogP contribution in [0.15, 0.2) is 53.4 Å². The first-order chi connectivity index (χ1) is 13.9. The van der Waals surface area contributed by atoms with Gasteiger partial charge < -0.3 is 4.74 Å². The predicted octanol–water partition coefficient (Wildman–Crippen LogP) is 2.68. The standard InChI is InChI=1S/C20H21ClN2O5S/c21-15-5-1-13(2-6-15)14-3-7-16(8-4-14)29(26,27)23-11-9-18-17(10-12-28-18)19(23)20(24)22-25/h1-8,17-19,25H,9-12H2,(H,22,24). The summed E-state index contributed by atoms with van der Waals surface area (Å²) in [6, 6.07) is 12.8. The Balaban J connectivity index is 1.64. The van der Waals surface area contributed by atoms with Crippen LogP contribution < -0.4 is 5.48 Å². The van der Waals surface area contributed by atoms with Crippen molar-refractivity contribution in [2.75, 3.05) is 13.2 Å². The number of rotatable bonds is 4. The first-order valence-corrected chi connectivity index (χ1v) is 11.2. The minimum absolute atomic E-state index is 0.100. The number of benzene rings is 2. The maximum Gasteiger partial charge on any atom is 0.262 e. The molecule has 0 bridgehead atoms. The molecule has 2 aliphatic rings. The summed E-state index contributed by atoms with van der Waals surface area (Å²) < 4.78 is 33.4. The Morgan fingerprint density at radius 1 is 1.07 bits per heavy atom. The Kier molecular flexibility index (Phi) is 5.63. The number of hydrogen-bond donors (Lipinski definition) is 2. The first kappa shape index (κ1) is 20.3. The summed E-state index contributed by atoms with van der Waals surface area (Å²) in [6.45, 7) is 0.634. The zero-order valence-corrected chi connectivity index (χ0v) is 17.1. The minimum atomic E-state index is -3.93. The fourth-order valence-corrected chi connectivity index (χ4v) is 5.96. The molecule has 1 amide bonds. The van der Waals surface area contributed by atoms with Gasteiger partial charge in [-0.2, -0.15) is 4.31 Å². The average Bonchev–Trinajstić information content (AvgIpc) is 3.22. The molecule has 2 N–H and O–H groups in total. The van der Waals surface area contributed by atoms with Gasteiger partial charge in [-0.05, 0) is 48.2 Å². The van der Waals surface area contributed by atoms with Crippen LogP contribution in [0.3, 0.4) is 0 Å². The summed E-state index contributed by atoms with van der Waals surface area (Å²) in [6.07, 6.45) is 0.919. The number of hydroxylamine groups is 1. The second kappa shape index (κ2) is 8.04. The average molecular weight is 437 g/mol. The molecule has 4 rings (SSSR count). The summed E-state index contributed by atoms with van der Waals surface area (Å²) in [5, 5.41) is 9.80. The molecule has 0 radical (unpaired) electrons. The van der Waals surface area contributed by atoms with Crippen molar-refractivity contribution in [3.63, 3.8) is 0 Å². The van der Waals surface area contributed by atoms with E-state index in [1.807, 2.05) is 12.1 Å². The number of nitrogens with zero attached hydrogens (tertiary/aromatic N) is 1. The third kappa shape index (κ3) is 3.78. The zero-order chi connectivity index (χ0) is 20.6. The van der Waals surface area contributed by atoms with Gasteiger partial charge in [0.1, 0.15) is 6.04 Å². The van der Waals surface area contributed by atoms with Crippen LogP contribution in [0.4, 0.5) is 0 Å². The lowest BCUT2D eigenvalue weighted by Crippen LogP contribution is -2.58. The molecular weight excluding hydrogens is 416 g/mol. The van der Waals surface area contributed by atoms with Crippen molar-refractivity contribution in [3.8, 4) is 11.1 Å². The van der Waals surface area contributed by atoms with E-state index >= 15 is 0 Å². The highest BCUT2D eigenvalue weighted by Crippen LogP contribution is 2.37. The van der Waals surface area contributed by atoms with E-state index < -0.39 is 22.0 Å². The molecule has 2 heterocycles. The number of ether oxygens (including phenoxy) is 1. The Labute approximate surface area is 174 Å². The number of carbonyl (C=O) groups is 1. The Hall–Kier alpha value is -1.97. The quantitative estimate of drug-likeness (QED) is 0.567. The molecule has 2 aromatic rings. The van der Waals surface area contributed by atoms with Crippen LogP contribution >= 0.6 is 11.6 Å². The summed E-state index contributed by atoms with van der Waals surface area (Å²) in [7, 11) is -3.93. The molecule has 2 aliphatic heterocycles. The van der Waals surface area contributed by atoms with Crippen LogP contribution in [0.25, 0.3) is 11.1 Å². The predicted molar refractivity (Wildman–Crippen MR) is 107 cm³/mol. The highest BCUT2D eigenvalue weighted by Gasteiger charge is 2.49. The molecule has 3 atom stereocenters. The largest absolute Gasteiger partial charge is 0.378 e.